The average molecular weight is 473 g/mol. The first-order valence-corrected chi connectivity index (χ1v) is 12.7. The number of benzene rings is 2. The second kappa shape index (κ2) is 11.7. The van der Waals surface area contributed by atoms with Gasteiger partial charge >= 0.3 is 0 Å². The van der Waals surface area contributed by atoms with Crippen LogP contribution < -0.4 is 10.5 Å². The first-order valence-electron chi connectivity index (χ1n) is 11.7. The molecule has 0 fully saturated rings. The van der Waals surface area contributed by atoms with Crippen molar-refractivity contribution in [1.82, 2.24) is 9.55 Å². The van der Waals surface area contributed by atoms with Gasteiger partial charge in [-0.2, -0.15) is 5.26 Å². The molecule has 7 heteroatoms. The monoisotopic (exact) mass is 472 g/mol. The van der Waals surface area contributed by atoms with Gasteiger partial charge in [0.25, 0.3) is 5.56 Å². The summed E-state index contributed by atoms with van der Waals surface area (Å²) in [5, 5.41) is 10.2. The molecule has 0 spiro atoms. The van der Waals surface area contributed by atoms with Gasteiger partial charge in [-0.3, -0.25) is 14.2 Å². The summed E-state index contributed by atoms with van der Waals surface area (Å²) >= 11 is 1.29. The molecule has 1 aliphatic rings. The Morgan fingerprint density at radius 1 is 1.12 bits per heavy atom. The Kier molecular flexibility index (Phi) is 8.16. The smallest absolute Gasteiger partial charge is 0.262 e. The van der Waals surface area contributed by atoms with Crippen LogP contribution >= 0.6 is 11.8 Å². The third kappa shape index (κ3) is 5.75. The molecule has 0 unspecified atom stereocenters. The molecular weight excluding hydrogens is 444 g/mol. The van der Waals surface area contributed by atoms with Crippen molar-refractivity contribution in [3.8, 4) is 6.07 Å². The average Bonchev–Trinajstić information content (AvgIpc) is 2.88. The van der Waals surface area contributed by atoms with Crippen LogP contribution in [0.5, 0.6) is 0 Å². The summed E-state index contributed by atoms with van der Waals surface area (Å²) in [4.78, 5) is 32.9. The molecule has 1 aromatic heterocycles. The maximum absolute atomic E-state index is 13.3. The molecule has 0 N–H and O–H groups in total. The summed E-state index contributed by atoms with van der Waals surface area (Å²) in [7, 11) is 0. The minimum Gasteiger partial charge on any atom is -0.311 e. The number of rotatable bonds is 9. The van der Waals surface area contributed by atoms with Gasteiger partial charge in [-0.1, -0.05) is 53.7 Å². The summed E-state index contributed by atoms with van der Waals surface area (Å²) in [6.07, 6.45) is 7.99. The molecule has 1 heterocycles. The number of amides is 1. The fourth-order valence-electron chi connectivity index (χ4n) is 4.21. The van der Waals surface area contributed by atoms with Gasteiger partial charge in [-0.25, -0.2) is 4.98 Å². The van der Waals surface area contributed by atoms with Gasteiger partial charge in [-0.15, -0.1) is 0 Å². The Labute approximate surface area is 203 Å². The van der Waals surface area contributed by atoms with E-state index >= 15 is 0 Å². The zero-order valence-corrected chi connectivity index (χ0v) is 20.0. The SMILES string of the molecule is N#CCCN(C(=O)CSc1nc2ccccc2c(=O)n1CCC1=CCCCC1)c1ccccc1. The second-order valence-corrected chi connectivity index (χ2v) is 9.25. The summed E-state index contributed by atoms with van der Waals surface area (Å²) in [5.74, 6) is 0.0174. The van der Waals surface area contributed by atoms with E-state index in [0.29, 0.717) is 29.1 Å². The summed E-state index contributed by atoms with van der Waals surface area (Å²) < 4.78 is 1.72. The van der Waals surface area contributed by atoms with E-state index in [-0.39, 0.29) is 23.6 Å². The topological polar surface area (TPSA) is 79.0 Å². The van der Waals surface area contributed by atoms with Crippen LogP contribution in [0.1, 0.15) is 38.5 Å². The molecule has 34 heavy (non-hydrogen) atoms. The largest absolute Gasteiger partial charge is 0.311 e. The zero-order valence-electron chi connectivity index (χ0n) is 19.2. The Morgan fingerprint density at radius 2 is 1.91 bits per heavy atom. The van der Waals surface area contributed by atoms with E-state index in [1.165, 1.54) is 30.2 Å². The number of carbonyl (C=O) groups is 1. The van der Waals surface area contributed by atoms with Crippen molar-refractivity contribution in [2.45, 2.75) is 50.2 Å². The second-order valence-electron chi connectivity index (χ2n) is 8.30. The summed E-state index contributed by atoms with van der Waals surface area (Å²) in [6.45, 7) is 0.877. The van der Waals surface area contributed by atoms with Crippen molar-refractivity contribution in [2.75, 3.05) is 17.2 Å². The molecule has 3 aromatic rings. The minimum atomic E-state index is -0.115. The number of hydrogen-bond acceptors (Lipinski definition) is 5. The van der Waals surface area contributed by atoms with Crippen LogP contribution in [-0.2, 0) is 11.3 Å². The molecule has 1 amide bonds. The number of anilines is 1. The number of aromatic nitrogens is 2. The highest BCUT2D eigenvalue weighted by atomic mass is 32.2. The number of fused-ring (bicyclic) bond motifs is 1. The van der Waals surface area contributed by atoms with E-state index in [0.717, 1.165) is 24.9 Å². The number of thioether (sulfide) groups is 1. The predicted molar refractivity (Wildman–Crippen MR) is 137 cm³/mol. The molecule has 6 nitrogen and oxygen atoms in total. The lowest BCUT2D eigenvalue weighted by Crippen LogP contribution is -2.33. The third-order valence-corrected chi connectivity index (χ3v) is 6.97. The fraction of sp³-hybridized carbons (Fsp3) is 0.333. The number of carbonyl (C=O) groups excluding carboxylic acids is 1. The summed E-state index contributed by atoms with van der Waals surface area (Å²) in [5.41, 5.74) is 2.72. The van der Waals surface area contributed by atoms with Gasteiger partial charge in [0.15, 0.2) is 5.16 Å². The molecule has 2 aromatic carbocycles. The molecule has 174 valence electrons. The Hall–Kier alpha value is -3.37. The fourth-order valence-corrected chi connectivity index (χ4v) is 5.12. The quantitative estimate of drug-likeness (QED) is 0.239. The predicted octanol–water partition coefficient (Wildman–Crippen LogP) is 5.33. The molecule has 0 bridgehead atoms. The van der Waals surface area contributed by atoms with E-state index < -0.39 is 0 Å². The van der Waals surface area contributed by atoms with Crippen LogP contribution in [0.3, 0.4) is 0 Å². The number of nitrogens with zero attached hydrogens (tertiary/aromatic N) is 4. The molecule has 0 atom stereocenters. The van der Waals surface area contributed by atoms with Crippen LogP contribution in [0.2, 0.25) is 0 Å². The molecular formula is C27H28N4O2S. The van der Waals surface area contributed by atoms with Gasteiger partial charge in [0.2, 0.25) is 5.91 Å². The first kappa shape index (κ1) is 23.8. The molecule has 1 aliphatic carbocycles. The van der Waals surface area contributed by atoms with Gasteiger partial charge in [0.1, 0.15) is 0 Å². The molecule has 4 rings (SSSR count). The molecule has 0 aliphatic heterocycles. The number of allylic oxidation sites excluding steroid dienone is 2. The van der Waals surface area contributed by atoms with Gasteiger partial charge in [0.05, 0.1) is 29.1 Å². The molecule has 0 saturated heterocycles. The zero-order chi connectivity index (χ0) is 23.8. The minimum absolute atomic E-state index is 0.0682. The molecule has 0 saturated carbocycles. The van der Waals surface area contributed by atoms with Crippen molar-refractivity contribution >= 4 is 34.3 Å². The van der Waals surface area contributed by atoms with Crippen molar-refractivity contribution in [3.05, 3.63) is 76.6 Å². The number of nitriles is 1. The lowest BCUT2D eigenvalue weighted by Gasteiger charge is -2.22. The standard InChI is InChI=1S/C27H28N4O2S/c28-17-9-18-30(22-12-5-2-6-13-22)25(32)20-34-27-29-24-15-8-7-14-23(24)26(33)31(27)19-16-21-10-3-1-4-11-21/h2,5-8,10,12-15H,1,3-4,9,11,16,18-20H2. The Bertz CT molecular complexity index is 1280. The van der Waals surface area contributed by atoms with Crippen molar-refractivity contribution in [1.29, 1.82) is 5.26 Å². The van der Waals surface area contributed by atoms with Crippen molar-refractivity contribution in [2.24, 2.45) is 0 Å². The number of para-hydroxylation sites is 2. The Balaban J connectivity index is 1.58. The van der Waals surface area contributed by atoms with Gasteiger partial charge in [-0.05, 0) is 56.4 Å². The lowest BCUT2D eigenvalue weighted by atomic mass is 9.97. The van der Waals surface area contributed by atoms with Gasteiger partial charge in [0, 0.05) is 18.8 Å². The van der Waals surface area contributed by atoms with Crippen molar-refractivity contribution in [3.63, 3.8) is 0 Å². The van der Waals surface area contributed by atoms with Crippen molar-refractivity contribution < 1.29 is 4.79 Å². The van der Waals surface area contributed by atoms with E-state index in [4.69, 9.17) is 10.2 Å². The van der Waals surface area contributed by atoms with Crippen LogP contribution in [-0.4, -0.2) is 27.8 Å². The highest BCUT2D eigenvalue weighted by molar-refractivity contribution is 7.99. The maximum Gasteiger partial charge on any atom is 0.262 e. The Morgan fingerprint density at radius 3 is 2.68 bits per heavy atom. The summed E-state index contributed by atoms with van der Waals surface area (Å²) in [6, 6.07) is 18.8. The van der Waals surface area contributed by atoms with Crippen LogP contribution in [0.25, 0.3) is 10.9 Å². The molecule has 0 radical (unpaired) electrons. The third-order valence-electron chi connectivity index (χ3n) is 6.01. The number of hydrogen-bond donors (Lipinski definition) is 0. The van der Waals surface area contributed by atoms with Crippen LogP contribution in [0, 0.1) is 11.3 Å². The van der Waals surface area contributed by atoms with E-state index in [9.17, 15) is 9.59 Å². The highest BCUT2D eigenvalue weighted by Gasteiger charge is 2.19. The van der Waals surface area contributed by atoms with E-state index in [1.54, 1.807) is 15.5 Å². The van der Waals surface area contributed by atoms with E-state index in [1.807, 2.05) is 48.5 Å². The van der Waals surface area contributed by atoms with Gasteiger partial charge < -0.3 is 4.90 Å². The first-order chi connectivity index (χ1) is 16.7. The maximum atomic E-state index is 13.3. The van der Waals surface area contributed by atoms with E-state index in [2.05, 4.69) is 12.1 Å². The van der Waals surface area contributed by atoms with Crippen LogP contribution in [0.4, 0.5) is 5.69 Å². The normalized spacial score (nSPS) is 13.3. The lowest BCUT2D eigenvalue weighted by molar-refractivity contribution is -0.116. The van der Waals surface area contributed by atoms with Crippen LogP contribution in [0.15, 0.2) is 76.2 Å². The highest BCUT2D eigenvalue weighted by Crippen LogP contribution is 2.24.